The lowest BCUT2D eigenvalue weighted by atomic mass is 10.1. The zero-order valence-corrected chi connectivity index (χ0v) is 27.2. The number of aromatic nitrogens is 2. The van der Waals surface area contributed by atoms with Crippen LogP contribution < -0.4 is 15.0 Å². The molecular formula is C32H22Br3N3O4. The van der Waals surface area contributed by atoms with Gasteiger partial charge in [0.05, 0.1) is 28.7 Å². The molecule has 6 rings (SSSR count). The minimum atomic E-state index is -0.325. The third-order valence-electron chi connectivity index (χ3n) is 6.64. The van der Waals surface area contributed by atoms with E-state index in [2.05, 4.69) is 52.9 Å². The molecule has 0 radical (unpaired) electrons. The van der Waals surface area contributed by atoms with E-state index in [9.17, 15) is 4.79 Å². The van der Waals surface area contributed by atoms with Crippen molar-refractivity contribution < 1.29 is 13.9 Å². The fraction of sp³-hybridized carbons (Fsp3) is 0.0938. The molecule has 7 nitrogen and oxygen atoms in total. The second-order valence-corrected chi connectivity index (χ2v) is 12.0. The number of hydrogen-bond donors (Lipinski definition) is 0. The van der Waals surface area contributed by atoms with Crippen molar-refractivity contribution >= 4 is 75.9 Å². The normalized spacial score (nSPS) is 11.5. The van der Waals surface area contributed by atoms with E-state index < -0.39 is 0 Å². The predicted octanol–water partition coefficient (Wildman–Crippen LogP) is 8.88. The maximum atomic E-state index is 13.7. The van der Waals surface area contributed by atoms with Crippen LogP contribution in [0.1, 0.15) is 16.7 Å². The van der Waals surface area contributed by atoms with E-state index in [1.54, 1.807) is 37.6 Å². The van der Waals surface area contributed by atoms with Crippen LogP contribution in [0.15, 0.2) is 107 Å². The Balaban J connectivity index is 1.42. The average Bonchev–Trinajstić information content (AvgIpc) is 3.42. The number of rotatable bonds is 7. The lowest BCUT2D eigenvalue weighted by Crippen LogP contribution is -2.20. The lowest BCUT2D eigenvalue weighted by molar-refractivity contribution is 0.282. The summed E-state index contributed by atoms with van der Waals surface area (Å²) in [6.45, 7) is 2.41. The highest BCUT2D eigenvalue weighted by molar-refractivity contribution is 9.13. The Kier molecular flexibility index (Phi) is 8.02. The molecular weight excluding hydrogens is 730 g/mol. The van der Waals surface area contributed by atoms with Crippen molar-refractivity contribution in [3.63, 3.8) is 0 Å². The Hall–Kier alpha value is -3.73. The van der Waals surface area contributed by atoms with E-state index in [0.717, 1.165) is 15.4 Å². The summed E-state index contributed by atoms with van der Waals surface area (Å²) in [4.78, 5) is 18.4. The third-order valence-corrected chi connectivity index (χ3v) is 9.28. The van der Waals surface area contributed by atoms with Crippen molar-refractivity contribution in [2.45, 2.75) is 13.5 Å². The lowest BCUT2D eigenvalue weighted by Gasteiger charge is -2.15. The first-order valence-electron chi connectivity index (χ1n) is 12.8. The fourth-order valence-electron chi connectivity index (χ4n) is 4.46. The van der Waals surface area contributed by atoms with Gasteiger partial charge >= 0.3 is 0 Å². The number of halogens is 3. The van der Waals surface area contributed by atoms with Crippen molar-refractivity contribution in [3.05, 3.63) is 119 Å². The number of nitrogens with zero attached hydrogens (tertiary/aromatic N) is 3. The van der Waals surface area contributed by atoms with Gasteiger partial charge in [-0.15, -0.1) is 0 Å². The van der Waals surface area contributed by atoms with Gasteiger partial charge in [-0.05, 0) is 86.8 Å². The standard InChI is InChI=1S/C32H22Br3N3O4/c1-18-7-9-19(10-8-18)17-41-30-26(40-2)15-21(28(34)29(30)35)16-36-38-31(37-24-6-4-3-5-23(24)32(38)39)27-14-20-13-22(33)11-12-25(20)42-27/h3-16H,17H2,1-2H3. The van der Waals surface area contributed by atoms with Crippen LogP contribution >= 0.6 is 47.8 Å². The fourth-order valence-corrected chi connectivity index (χ4v) is 5.77. The van der Waals surface area contributed by atoms with Crippen molar-refractivity contribution in [2.24, 2.45) is 5.10 Å². The molecule has 4 aromatic carbocycles. The van der Waals surface area contributed by atoms with Crippen LogP contribution in [0.4, 0.5) is 0 Å². The average molecular weight is 752 g/mol. The summed E-state index contributed by atoms with van der Waals surface area (Å²) in [5.41, 5.74) is 3.76. The smallest absolute Gasteiger partial charge is 0.282 e. The molecule has 0 atom stereocenters. The highest BCUT2D eigenvalue weighted by Gasteiger charge is 2.19. The summed E-state index contributed by atoms with van der Waals surface area (Å²) < 4.78 is 21.4. The van der Waals surface area contributed by atoms with Gasteiger partial charge in [-0.2, -0.15) is 9.78 Å². The van der Waals surface area contributed by atoms with Gasteiger partial charge in [0.15, 0.2) is 17.3 Å². The number of aryl methyl sites for hydroxylation is 1. The van der Waals surface area contributed by atoms with Gasteiger partial charge in [0, 0.05) is 19.9 Å². The molecule has 0 saturated heterocycles. The molecule has 210 valence electrons. The minimum Gasteiger partial charge on any atom is -0.493 e. The Morgan fingerprint density at radius 2 is 1.76 bits per heavy atom. The molecule has 0 bridgehead atoms. The van der Waals surface area contributed by atoms with E-state index >= 15 is 0 Å². The van der Waals surface area contributed by atoms with Crippen molar-refractivity contribution in [1.82, 2.24) is 9.66 Å². The van der Waals surface area contributed by atoms with Gasteiger partial charge in [0.2, 0.25) is 5.82 Å². The van der Waals surface area contributed by atoms with Gasteiger partial charge in [-0.25, -0.2) is 4.98 Å². The largest absolute Gasteiger partial charge is 0.493 e. The topological polar surface area (TPSA) is 78.9 Å². The van der Waals surface area contributed by atoms with Gasteiger partial charge in [-0.1, -0.05) is 57.9 Å². The monoisotopic (exact) mass is 749 g/mol. The summed E-state index contributed by atoms with van der Waals surface area (Å²) >= 11 is 10.8. The van der Waals surface area contributed by atoms with E-state index in [1.807, 2.05) is 61.5 Å². The first kappa shape index (κ1) is 28.4. The van der Waals surface area contributed by atoms with Crippen LogP contribution in [-0.2, 0) is 6.61 Å². The molecule has 0 spiro atoms. The molecule has 2 aromatic heterocycles. The molecule has 0 N–H and O–H groups in total. The highest BCUT2D eigenvalue weighted by atomic mass is 79.9. The van der Waals surface area contributed by atoms with E-state index in [0.29, 0.717) is 54.9 Å². The number of ether oxygens (including phenoxy) is 2. The van der Waals surface area contributed by atoms with Gasteiger partial charge < -0.3 is 13.9 Å². The highest BCUT2D eigenvalue weighted by Crippen LogP contribution is 2.42. The van der Waals surface area contributed by atoms with Crippen LogP contribution in [0, 0.1) is 6.92 Å². The molecule has 0 aliphatic rings. The second kappa shape index (κ2) is 11.9. The molecule has 2 heterocycles. The molecule has 0 amide bonds. The third kappa shape index (κ3) is 5.54. The summed E-state index contributed by atoms with van der Waals surface area (Å²) in [6.07, 6.45) is 1.57. The Morgan fingerprint density at radius 3 is 2.55 bits per heavy atom. The Labute approximate surface area is 266 Å². The molecule has 0 unspecified atom stereocenters. The molecule has 42 heavy (non-hydrogen) atoms. The van der Waals surface area contributed by atoms with Crippen LogP contribution in [0.5, 0.6) is 11.5 Å². The van der Waals surface area contributed by atoms with Crippen molar-refractivity contribution in [3.8, 4) is 23.1 Å². The SMILES string of the molecule is COc1cc(C=Nn2c(-c3cc4cc(Br)ccc4o3)nc3ccccc3c2=O)c(Br)c(Br)c1OCc1ccc(C)cc1. The van der Waals surface area contributed by atoms with Gasteiger partial charge in [0.25, 0.3) is 5.56 Å². The summed E-state index contributed by atoms with van der Waals surface area (Å²) in [7, 11) is 1.57. The number of methoxy groups -OCH3 is 1. The molecule has 0 aliphatic heterocycles. The maximum absolute atomic E-state index is 13.7. The van der Waals surface area contributed by atoms with Crippen LogP contribution in [0.3, 0.4) is 0 Å². The van der Waals surface area contributed by atoms with Crippen LogP contribution in [-0.4, -0.2) is 23.0 Å². The number of para-hydroxylation sites is 1. The minimum absolute atomic E-state index is 0.280. The first-order chi connectivity index (χ1) is 20.3. The zero-order chi connectivity index (χ0) is 29.4. The number of benzene rings is 4. The molecule has 0 aliphatic carbocycles. The summed E-state index contributed by atoms with van der Waals surface area (Å²) in [5.74, 6) is 1.75. The number of furan rings is 1. The van der Waals surface area contributed by atoms with E-state index in [-0.39, 0.29) is 11.4 Å². The van der Waals surface area contributed by atoms with Gasteiger partial charge in [-0.3, -0.25) is 4.79 Å². The molecule has 10 heteroatoms. The molecule has 6 aromatic rings. The summed E-state index contributed by atoms with van der Waals surface area (Å²) in [6, 6.07) is 24.6. The Morgan fingerprint density at radius 1 is 0.976 bits per heavy atom. The maximum Gasteiger partial charge on any atom is 0.282 e. The van der Waals surface area contributed by atoms with E-state index in [1.165, 1.54) is 10.2 Å². The predicted molar refractivity (Wildman–Crippen MR) is 176 cm³/mol. The van der Waals surface area contributed by atoms with Crippen LogP contribution in [0.25, 0.3) is 33.5 Å². The first-order valence-corrected chi connectivity index (χ1v) is 15.2. The van der Waals surface area contributed by atoms with E-state index in [4.69, 9.17) is 18.9 Å². The quantitative estimate of drug-likeness (QED) is 0.152. The summed E-state index contributed by atoms with van der Waals surface area (Å²) in [5, 5.41) is 5.91. The zero-order valence-electron chi connectivity index (χ0n) is 22.4. The van der Waals surface area contributed by atoms with Crippen LogP contribution in [0.2, 0.25) is 0 Å². The second-order valence-electron chi connectivity index (χ2n) is 9.51. The van der Waals surface area contributed by atoms with Gasteiger partial charge in [0.1, 0.15) is 12.2 Å². The number of fused-ring (bicyclic) bond motifs is 2. The molecule has 0 saturated carbocycles. The molecule has 0 fully saturated rings. The van der Waals surface area contributed by atoms with Crippen molar-refractivity contribution in [2.75, 3.05) is 7.11 Å². The Bertz CT molecular complexity index is 2050. The number of hydrogen-bond acceptors (Lipinski definition) is 6. The van der Waals surface area contributed by atoms with Crippen molar-refractivity contribution in [1.29, 1.82) is 0 Å².